The minimum atomic E-state index is -0.782. The van der Waals surface area contributed by atoms with Crippen LogP contribution in [0.4, 0.5) is 0 Å². The molecule has 0 bridgehead atoms. The van der Waals surface area contributed by atoms with Crippen LogP contribution in [0.5, 0.6) is 0 Å². The highest BCUT2D eigenvalue weighted by atomic mass is 16.5. The van der Waals surface area contributed by atoms with Gasteiger partial charge in [-0.2, -0.15) is 0 Å². The summed E-state index contributed by atoms with van der Waals surface area (Å²) >= 11 is 0. The molecular weight excluding hydrogens is 683 g/mol. The second-order valence-corrected chi connectivity index (χ2v) is 16.9. The van der Waals surface area contributed by atoms with Gasteiger partial charge in [-0.1, -0.05) is 213 Å². The molecule has 55 heavy (non-hydrogen) atoms. The first-order valence-corrected chi connectivity index (χ1v) is 24.4. The second-order valence-electron chi connectivity index (χ2n) is 16.9. The van der Waals surface area contributed by atoms with Crippen LogP contribution >= 0.6 is 0 Å². The molecule has 3 N–H and O–H groups in total. The van der Waals surface area contributed by atoms with Gasteiger partial charge in [0, 0.05) is 6.42 Å². The Hall–Kier alpha value is -1.40. The molecule has 0 rings (SSSR count). The fourth-order valence-electron chi connectivity index (χ4n) is 7.60. The number of carbonyl (C=O) groups is 2. The van der Waals surface area contributed by atoms with Crippen molar-refractivity contribution >= 4 is 11.9 Å². The van der Waals surface area contributed by atoms with Crippen molar-refractivity contribution in [1.29, 1.82) is 0 Å². The number of rotatable bonds is 44. The number of unbranched alkanes of at least 4 members (excludes halogenated alkanes) is 30. The first kappa shape index (κ1) is 53.6. The lowest BCUT2D eigenvalue weighted by atomic mass is 10.0. The maximum Gasteiger partial charge on any atom is 0.306 e. The molecule has 0 heterocycles. The van der Waals surface area contributed by atoms with Crippen molar-refractivity contribution in [2.24, 2.45) is 0 Å². The molecule has 0 spiro atoms. The average molecular weight is 778 g/mol. The minimum Gasteiger partial charge on any atom is -0.462 e. The van der Waals surface area contributed by atoms with E-state index in [1.54, 1.807) is 0 Å². The Morgan fingerprint density at radius 3 is 1.29 bits per heavy atom. The Labute approximate surface area is 342 Å². The van der Waals surface area contributed by atoms with Crippen molar-refractivity contribution in [1.82, 2.24) is 5.32 Å². The molecule has 0 saturated carbocycles. The fourth-order valence-corrected chi connectivity index (χ4v) is 7.60. The molecule has 0 aliphatic carbocycles. The van der Waals surface area contributed by atoms with Crippen LogP contribution in [0, 0.1) is 0 Å². The molecule has 0 aliphatic rings. The first-order valence-electron chi connectivity index (χ1n) is 24.4. The van der Waals surface area contributed by atoms with Crippen LogP contribution in [0.1, 0.15) is 265 Å². The summed E-state index contributed by atoms with van der Waals surface area (Å²) in [7, 11) is 0. The topological polar surface area (TPSA) is 95.9 Å². The molecule has 6 heteroatoms. The van der Waals surface area contributed by atoms with Crippen molar-refractivity contribution in [3.8, 4) is 0 Å². The number of nitrogens with one attached hydrogen (secondary N) is 1. The molecular formula is C49H95NO5. The van der Waals surface area contributed by atoms with Crippen molar-refractivity contribution in [2.75, 3.05) is 6.61 Å². The van der Waals surface area contributed by atoms with Crippen LogP contribution in [0.25, 0.3) is 0 Å². The molecule has 0 aromatic heterocycles. The molecule has 6 nitrogen and oxygen atoms in total. The van der Waals surface area contributed by atoms with E-state index >= 15 is 0 Å². The monoisotopic (exact) mass is 778 g/mol. The van der Waals surface area contributed by atoms with Crippen molar-refractivity contribution < 1.29 is 24.5 Å². The molecule has 3 atom stereocenters. The number of carbonyl (C=O) groups excluding carboxylic acids is 2. The van der Waals surface area contributed by atoms with Gasteiger partial charge in [-0.05, 0) is 51.4 Å². The third-order valence-corrected chi connectivity index (χ3v) is 11.3. The number of hydrogen-bond acceptors (Lipinski definition) is 5. The lowest BCUT2D eigenvalue weighted by Gasteiger charge is -2.24. The maximum atomic E-state index is 13.1. The van der Waals surface area contributed by atoms with Gasteiger partial charge in [-0.25, -0.2) is 0 Å². The van der Waals surface area contributed by atoms with Crippen molar-refractivity contribution in [2.45, 2.75) is 283 Å². The Bertz CT molecular complexity index is 832. The van der Waals surface area contributed by atoms with Gasteiger partial charge in [-0.15, -0.1) is 0 Å². The van der Waals surface area contributed by atoms with E-state index < -0.39 is 18.2 Å². The normalized spacial score (nSPS) is 13.3. The summed E-state index contributed by atoms with van der Waals surface area (Å²) in [5.74, 6) is -0.480. The molecule has 1 amide bonds. The highest BCUT2D eigenvalue weighted by Gasteiger charge is 2.24. The fraction of sp³-hybridized carbons (Fsp3) is 0.918. The largest absolute Gasteiger partial charge is 0.462 e. The number of aliphatic hydroxyl groups is 2. The first-order chi connectivity index (χ1) is 27.0. The summed E-state index contributed by atoms with van der Waals surface area (Å²) in [5, 5.41) is 23.7. The number of aliphatic hydroxyl groups excluding tert-OH is 2. The van der Waals surface area contributed by atoms with Gasteiger partial charge in [0.1, 0.15) is 6.10 Å². The molecule has 0 aromatic rings. The van der Waals surface area contributed by atoms with E-state index in [1.165, 1.54) is 167 Å². The van der Waals surface area contributed by atoms with E-state index in [2.05, 4.69) is 38.2 Å². The molecule has 0 fully saturated rings. The highest BCUT2D eigenvalue weighted by molar-refractivity contribution is 5.77. The quantitative estimate of drug-likeness (QED) is 0.0325. The van der Waals surface area contributed by atoms with Gasteiger partial charge in [0.2, 0.25) is 5.91 Å². The summed E-state index contributed by atoms with van der Waals surface area (Å²) in [4.78, 5) is 26.0. The standard InChI is InChI=1S/C49H95NO5/c1-4-7-10-13-16-19-22-23-24-27-30-33-36-39-42-49(54)55-45(40-37-34-31-28-25-20-17-14-11-8-5-2)43-48(53)50-46(44-51)47(52)41-38-35-32-29-26-21-18-15-12-9-6-3/h24,27,45-47,51-52H,4-23,25-26,28-44H2,1-3H3,(H,50,53)/b27-24-. The van der Waals surface area contributed by atoms with Crippen molar-refractivity contribution in [3.05, 3.63) is 12.2 Å². The Balaban J connectivity index is 4.55. The summed E-state index contributed by atoms with van der Waals surface area (Å²) in [6.45, 7) is 6.47. The zero-order valence-electron chi connectivity index (χ0n) is 37.1. The smallest absolute Gasteiger partial charge is 0.306 e. The van der Waals surface area contributed by atoms with Gasteiger partial charge in [0.15, 0.2) is 0 Å². The summed E-state index contributed by atoms with van der Waals surface area (Å²) in [6, 6.07) is -0.696. The molecule has 0 aromatic carbocycles. The third-order valence-electron chi connectivity index (χ3n) is 11.3. The van der Waals surface area contributed by atoms with Crippen LogP contribution in [-0.4, -0.2) is 46.9 Å². The van der Waals surface area contributed by atoms with Gasteiger partial charge in [-0.3, -0.25) is 9.59 Å². The lowest BCUT2D eigenvalue weighted by Crippen LogP contribution is -2.46. The van der Waals surface area contributed by atoms with E-state index in [-0.39, 0.29) is 24.9 Å². The van der Waals surface area contributed by atoms with Gasteiger partial charge < -0.3 is 20.3 Å². The van der Waals surface area contributed by atoms with Crippen LogP contribution < -0.4 is 5.32 Å². The van der Waals surface area contributed by atoms with Gasteiger partial charge in [0.05, 0.1) is 25.2 Å². The van der Waals surface area contributed by atoms with E-state index in [0.717, 1.165) is 51.4 Å². The zero-order valence-corrected chi connectivity index (χ0v) is 37.1. The second kappa shape index (κ2) is 43.7. The molecule has 0 saturated heterocycles. The van der Waals surface area contributed by atoms with Crippen LogP contribution in [0.2, 0.25) is 0 Å². The number of amides is 1. The SMILES string of the molecule is CCCCCCCCC/C=C\CCCCCC(=O)OC(CCCCCCCCCCCCC)CC(=O)NC(CO)C(O)CCCCCCCCCCCCC. The molecule has 0 aliphatic heterocycles. The Morgan fingerprint density at radius 1 is 0.509 bits per heavy atom. The summed E-state index contributed by atoms with van der Waals surface area (Å²) < 4.78 is 5.91. The van der Waals surface area contributed by atoms with Crippen LogP contribution in [0.3, 0.4) is 0 Å². The van der Waals surface area contributed by atoms with Crippen molar-refractivity contribution in [3.63, 3.8) is 0 Å². The van der Waals surface area contributed by atoms with Crippen LogP contribution in [0.15, 0.2) is 12.2 Å². The predicted octanol–water partition coefficient (Wildman–Crippen LogP) is 14.2. The van der Waals surface area contributed by atoms with Crippen LogP contribution in [-0.2, 0) is 14.3 Å². The predicted molar refractivity (Wildman–Crippen MR) is 237 cm³/mol. The summed E-state index contributed by atoms with van der Waals surface area (Å²) in [6.07, 6.45) is 47.0. The van der Waals surface area contributed by atoms with E-state index in [0.29, 0.717) is 19.3 Å². The van der Waals surface area contributed by atoms with Gasteiger partial charge >= 0.3 is 5.97 Å². The van der Waals surface area contributed by atoms with E-state index in [9.17, 15) is 19.8 Å². The van der Waals surface area contributed by atoms with Gasteiger partial charge in [0.25, 0.3) is 0 Å². The molecule has 3 unspecified atom stereocenters. The number of esters is 1. The third kappa shape index (κ3) is 39.2. The average Bonchev–Trinajstić information content (AvgIpc) is 3.18. The van der Waals surface area contributed by atoms with E-state index in [1.807, 2.05) is 0 Å². The Kier molecular flexibility index (Phi) is 42.6. The maximum absolute atomic E-state index is 13.1. The van der Waals surface area contributed by atoms with E-state index in [4.69, 9.17) is 4.74 Å². The Morgan fingerprint density at radius 2 is 0.873 bits per heavy atom. The molecule has 0 radical (unpaired) electrons. The highest BCUT2D eigenvalue weighted by Crippen LogP contribution is 2.18. The minimum absolute atomic E-state index is 0.0781. The number of ether oxygens (including phenoxy) is 1. The number of allylic oxidation sites excluding steroid dienone is 2. The zero-order chi connectivity index (χ0) is 40.3. The number of hydrogen-bond donors (Lipinski definition) is 3. The lowest BCUT2D eigenvalue weighted by molar-refractivity contribution is -0.151. The molecule has 326 valence electrons. The summed E-state index contributed by atoms with van der Waals surface area (Å²) in [5.41, 5.74) is 0.